The molecule has 1 heterocycles. The topological polar surface area (TPSA) is 102 Å². The Kier molecular flexibility index (Phi) is 6.20. The van der Waals surface area contributed by atoms with Crippen molar-refractivity contribution < 1.29 is 19.8 Å². The molecule has 38 heavy (non-hydrogen) atoms. The first-order chi connectivity index (χ1) is 18.1. The predicted octanol–water partition coefficient (Wildman–Crippen LogP) is 6.55. The first-order valence-corrected chi connectivity index (χ1v) is 12.2. The summed E-state index contributed by atoms with van der Waals surface area (Å²) in [5.41, 5.74) is 7.76. The van der Waals surface area contributed by atoms with Gasteiger partial charge >= 0.3 is 5.97 Å². The molecule has 0 aromatic heterocycles. The van der Waals surface area contributed by atoms with Crippen molar-refractivity contribution in [3.8, 4) is 16.9 Å². The van der Waals surface area contributed by atoms with Crippen molar-refractivity contribution in [1.82, 2.24) is 0 Å². The van der Waals surface area contributed by atoms with Crippen LogP contribution in [-0.2, 0) is 10.2 Å². The molecule has 7 nitrogen and oxygen atoms in total. The summed E-state index contributed by atoms with van der Waals surface area (Å²) in [7, 11) is 0. The van der Waals surface area contributed by atoms with Gasteiger partial charge in [-0.25, -0.2) is 4.79 Å². The number of carboxylic acid groups (broad SMARTS) is 1. The largest absolute Gasteiger partial charge is 0.505 e. The number of aromatic hydroxyl groups is 1. The average molecular weight is 506 g/mol. The zero-order valence-electron chi connectivity index (χ0n) is 21.3. The summed E-state index contributed by atoms with van der Waals surface area (Å²) < 4.78 is 0. The number of carboxylic acids is 1. The van der Waals surface area contributed by atoms with Crippen LogP contribution in [0.25, 0.3) is 11.1 Å². The first kappa shape index (κ1) is 24.8. The van der Waals surface area contributed by atoms with Gasteiger partial charge in [0.25, 0.3) is 5.91 Å². The van der Waals surface area contributed by atoms with E-state index < -0.39 is 5.97 Å². The predicted molar refractivity (Wildman–Crippen MR) is 149 cm³/mol. The molecule has 1 amide bonds. The summed E-state index contributed by atoms with van der Waals surface area (Å²) in [6.07, 6.45) is 0. The maximum absolute atomic E-state index is 13.6. The minimum atomic E-state index is -1.05. The number of fused-ring (bicyclic) bond motifs is 1. The van der Waals surface area contributed by atoms with Crippen LogP contribution in [0.15, 0.2) is 96.1 Å². The number of carbonyl (C=O) groups is 2. The van der Waals surface area contributed by atoms with Crippen molar-refractivity contribution in [3.63, 3.8) is 0 Å². The normalized spacial score (nSPS) is 14.0. The molecule has 0 aliphatic carbocycles. The van der Waals surface area contributed by atoms with Crippen LogP contribution in [0.5, 0.6) is 5.75 Å². The second kappa shape index (κ2) is 9.52. The molecule has 0 radical (unpaired) electrons. The number of nitrogens with zero attached hydrogens (tertiary/aromatic N) is 2. The number of aromatic carboxylic acids is 1. The third-order valence-electron chi connectivity index (χ3n) is 6.54. The van der Waals surface area contributed by atoms with Gasteiger partial charge in [0.05, 0.1) is 16.9 Å². The molecule has 0 fully saturated rings. The number of hydrogen-bond donors (Lipinski definition) is 3. The van der Waals surface area contributed by atoms with E-state index in [4.69, 9.17) is 0 Å². The van der Waals surface area contributed by atoms with E-state index in [2.05, 4.69) is 31.3 Å². The molecule has 1 aliphatic heterocycles. The van der Waals surface area contributed by atoms with Crippen molar-refractivity contribution in [2.45, 2.75) is 26.2 Å². The molecule has 7 heteroatoms. The molecule has 0 spiro atoms. The van der Waals surface area contributed by atoms with Gasteiger partial charge < -0.3 is 10.2 Å². The Morgan fingerprint density at radius 3 is 2.26 bits per heavy atom. The van der Waals surface area contributed by atoms with E-state index in [0.29, 0.717) is 16.7 Å². The van der Waals surface area contributed by atoms with Crippen molar-refractivity contribution in [3.05, 3.63) is 108 Å². The lowest BCUT2D eigenvalue weighted by Gasteiger charge is -2.21. The fourth-order valence-electron chi connectivity index (χ4n) is 4.48. The molecule has 1 aliphatic rings. The summed E-state index contributed by atoms with van der Waals surface area (Å²) in [5, 5.41) is 24.7. The number of phenolic OH excluding ortho intramolecular Hbond substituents is 1. The van der Waals surface area contributed by atoms with Gasteiger partial charge in [0, 0.05) is 16.8 Å². The van der Waals surface area contributed by atoms with E-state index >= 15 is 0 Å². The summed E-state index contributed by atoms with van der Waals surface area (Å²) >= 11 is 0. The molecule has 4 aromatic rings. The molecule has 3 N–H and O–H groups in total. The van der Waals surface area contributed by atoms with E-state index in [0.717, 1.165) is 11.4 Å². The Hall–Kier alpha value is -4.91. The monoisotopic (exact) mass is 505 g/mol. The molecule has 5 rings (SSSR count). The Morgan fingerprint density at radius 1 is 0.868 bits per heavy atom. The van der Waals surface area contributed by atoms with Gasteiger partial charge in [-0.15, -0.1) is 0 Å². The third-order valence-corrected chi connectivity index (χ3v) is 6.54. The van der Waals surface area contributed by atoms with Gasteiger partial charge in [-0.3, -0.25) is 15.1 Å². The van der Waals surface area contributed by atoms with Crippen LogP contribution in [0.4, 0.5) is 17.1 Å². The quantitative estimate of drug-likeness (QED) is 0.211. The highest BCUT2D eigenvalue weighted by Gasteiger charge is 2.35. The maximum Gasteiger partial charge on any atom is 0.335 e. The lowest BCUT2D eigenvalue weighted by molar-refractivity contribution is -0.111. The average Bonchev–Trinajstić information content (AvgIpc) is 3.18. The molecule has 0 atom stereocenters. The van der Waals surface area contributed by atoms with Crippen molar-refractivity contribution in [2.75, 3.05) is 10.3 Å². The second-order valence-electron chi connectivity index (χ2n) is 10.1. The number of benzene rings is 4. The summed E-state index contributed by atoms with van der Waals surface area (Å²) in [5.74, 6) is -1.44. The Labute approximate surface area is 220 Å². The molecule has 190 valence electrons. The van der Waals surface area contributed by atoms with Crippen LogP contribution in [0.2, 0.25) is 0 Å². The van der Waals surface area contributed by atoms with Gasteiger partial charge in [0.2, 0.25) is 0 Å². The highest BCUT2D eigenvalue weighted by molar-refractivity contribution is 6.55. The van der Waals surface area contributed by atoms with Crippen LogP contribution < -0.4 is 10.3 Å². The van der Waals surface area contributed by atoms with Crippen molar-refractivity contribution in [1.29, 1.82) is 0 Å². The minimum Gasteiger partial charge on any atom is -0.505 e. The number of hydrazone groups is 1. The van der Waals surface area contributed by atoms with E-state index in [-0.39, 0.29) is 34.0 Å². The number of anilines is 3. The highest BCUT2D eigenvalue weighted by atomic mass is 16.4. The SMILES string of the molecule is CC(C)(C)c1ccc(N2C(=O)/C(=N\Nc3cccc(-c4cccc(C(=O)O)c4)c3O)c3ccccc32)cc1. The summed E-state index contributed by atoms with van der Waals surface area (Å²) in [6.45, 7) is 6.42. The fraction of sp³-hybridized carbons (Fsp3) is 0.129. The second-order valence-corrected chi connectivity index (χ2v) is 10.1. The number of para-hydroxylation sites is 2. The summed E-state index contributed by atoms with van der Waals surface area (Å²) in [6, 6.07) is 26.7. The van der Waals surface area contributed by atoms with Crippen LogP contribution >= 0.6 is 0 Å². The number of hydrogen-bond acceptors (Lipinski definition) is 5. The van der Waals surface area contributed by atoms with Gasteiger partial charge in [0.1, 0.15) is 5.75 Å². The van der Waals surface area contributed by atoms with E-state index in [1.807, 2.05) is 48.5 Å². The fourth-order valence-corrected chi connectivity index (χ4v) is 4.48. The number of amides is 1. The van der Waals surface area contributed by atoms with Crippen LogP contribution in [0.1, 0.15) is 42.3 Å². The number of rotatable bonds is 5. The van der Waals surface area contributed by atoms with Gasteiger partial charge in [-0.05, 0) is 52.9 Å². The first-order valence-electron chi connectivity index (χ1n) is 12.2. The molecule has 4 aromatic carbocycles. The highest BCUT2D eigenvalue weighted by Crippen LogP contribution is 2.38. The Balaban J connectivity index is 1.48. The lowest BCUT2D eigenvalue weighted by atomic mass is 9.87. The standard InChI is InChI=1S/C31H27N3O4/c1-31(2,3)21-14-16-22(17-15-21)34-26-13-5-4-10-24(26)27(29(34)36)33-32-25-12-7-11-23(28(25)35)19-8-6-9-20(18-19)30(37)38/h4-18,32,35H,1-3H3,(H,37,38)/b33-27-. The molecular weight excluding hydrogens is 478 g/mol. The van der Waals surface area contributed by atoms with Gasteiger partial charge in [0.15, 0.2) is 5.71 Å². The van der Waals surface area contributed by atoms with Crippen LogP contribution in [0.3, 0.4) is 0 Å². The van der Waals surface area contributed by atoms with Crippen molar-refractivity contribution >= 4 is 34.7 Å². The number of carbonyl (C=O) groups excluding carboxylic acids is 1. The zero-order chi connectivity index (χ0) is 27.0. The van der Waals surface area contributed by atoms with E-state index in [9.17, 15) is 19.8 Å². The van der Waals surface area contributed by atoms with Crippen LogP contribution in [0, 0.1) is 0 Å². The van der Waals surface area contributed by atoms with E-state index in [1.165, 1.54) is 17.7 Å². The molecule has 0 saturated carbocycles. The Morgan fingerprint density at radius 2 is 1.55 bits per heavy atom. The van der Waals surface area contributed by atoms with Gasteiger partial charge in [-0.2, -0.15) is 5.10 Å². The van der Waals surface area contributed by atoms with Crippen LogP contribution in [-0.4, -0.2) is 27.8 Å². The smallest absolute Gasteiger partial charge is 0.335 e. The maximum atomic E-state index is 13.6. The molecule has 0 saturated heterocycles. The number of phenols is 1. The van der Waals surface area contributed by atoms with Gasteiger partial charge in [-0.1, -0.05) is 75.4 Å². The van der Waals surface area contributed by atoms with E-state index in [1.54, 1.807) is 35.2 Å². The molecule has 0 unspecified atom stereocenters. The lowest BCUT2D eigenvalue weighted by Crippen LogP contribution is -2.26. The molecule has 0 bridgehead atoms. The zero-order valence-corrected chi connectivity index (χ0v) is 21.3. The number of nitrogens with one attached hydrogen (secondary N) is 1. The molecular formula is C31H27N3O4. The summed E-state index contributed by atoms with van der Waals surface area (Å²) in [4.78, 5) is 26.6. The Bertz CT molecular complexity index is 1580. The third kappa shape index (κ3) is 4.50. The minimum absolute atomic E-state index is 0.00647. The van der Waals surface area contributed by atoms with Crippen molar-refractivity contribution in [2.24, 2.45) is 5.10 Å².